The molecular formula is C17H17F2NO2S. The van der Waals surface area contributed by atoms with Crippen LogP contribution >= 0.6 is 11.3 Å². The maximum atomic E-state index is 13.3. The van der Waals surface area contributed by atoms with Crippen molar-refractivity contribution in [3.63, 3.8) is 0 Å². The molecule has 3 rings (SSSR count). The molecule has 1 aromatic heterocycles. The van der Waals surface area contributed by atoms with Crippen LogP contribution in [0.25, 0.3) is 0 Å². The van der Waals surface area contributed by atoms with E-state index in [1.807, 2.05) is 17.5 Å². The van der Waals surface area contributed by atoms with E-state index in [-0.39, 0.29) is 30.4 Å². The van der Waals surface area contributed by atoms with E-state index in [4.69, 9.17) is 5.11 Å². The standard InChI is InChI=1S/C17H17F2NO2S/c18-13-4-3-10(8-14(13)19)11-9-12(11)17(22)20-15(5-6-21)16-2-1-7-23-16/h1-4,7-8,11-12,15,21H,5-6,9H2,(H,20,22)/t11-,12+,15-/m1/s1. The Balaban J connectivity index is 1.64. The molecule has 122 valence electrons. The predicted octanol–water partition coefficient (Wildman–Crippen LogP) is 3.37. The van der Waals surface area contributed by atoms with E-state index < -0.39 is 11.6 Å². The summed E-state index contributed by atoms with van der Waals surface area (Å²) in [6.45, 7) is -0.0138. The molecule has 1 fully saturated rings. The van der Waals surface area contributed by atoms with Crippen molar-refractivity contribution < 1.29 is 18.7 Å². The summed E-state index contributed by atoms with van der Waals surface area (Å²) in [7, 11) is 0. The third-order valence-corrected chi connectivity index (χ3v) is 5.11. The summed E-state index contributed by atoms with van der Waals surface area (Å²) in [6.07, 6.45) is 1.09. The summed E-state index contributed by atoms with van der Waals surface area (Å²) in [4.78, 5) is 13.4. The highest BCUT2D eigenvalue weighted by atomic mass is 32.1. The Labute approximate surface area is 137 Å². The number of rotatable bonds is 6. The van der Waals surface area contributed by atoms with Crippen molar-refractivity contribution in [2.45, 2.75) is 24.8 Å². The zero-order chi connectivity index (χ0) is 16.4. The smallest absolute Gasteiger partial charge is 0.224 e. The number of amides is 1. The second kappa shape index (κ2) is 6.76. The van der Waals surface area contributed by atoms with E-state index in [1.54, 1.807) is 0 Å². The monoisotopic (exact) mass is 337 g/mol. The highest BCUT2D eigenvalue weighted by Crippen LogP contribution is 2.48. The van der Waals surface area contributed by atoms with Gasteiger partial charge in [0, 0.05) is 17.4 Å². The quantitative estimate of drug-likeness (QED) is 0.849. The minimum atomic E-state index is -0.884. The lowest BCUT2D eigenvalue weighted by molar-refractivity contribution is -0.123. The van der Waals surface area contributed by atoms with Crippen LogP contribution < -0.4 is 5.32 Å². The van der Waals surface area contributed by atoms with Gasteiger partial charge in [0.1, 0.15) is 0 Å². The first-order chi connectivity index (χ1) is 11.1. The van der Waals surface area contributed by atoms with Gasteiger partial charge in [0.15, 0.2) is 11.6 Å². The predicted molar refractivity (Wildman–Crippen MR) is 84.1 cm³/mol. The van der Waals surface area contributed by atoms with Crippen LogP contribution in [0.3, 0.4) is 0 Å². The van der Waals surface area contributed by atoms with Crippen molar-refractivity contribution in [2.75, 3.05) is 6.61 Å². The zero-order valence-electron chi connectivity index (χ0n) is 12.3. The third kappa shape index (κ3) is 3.59. The Hall–Kier alpha value is -1.79. The van der Waals surface area contributed by atoms with Crippen LogP contribution in [-0.4, -0.2) is 17.6 Å². The molecule has 0 bridgehead atoms. The lowest BCUT2D eigenvalue weighted by atomic mass is 10.1. The topological polar surface area (TPSA) is 49.3 Å². The molecule has 3 nitrogen and oxygen atoms in total. The van der Waals surface area contributed by atoms with Crippen molar-refractivity contribution >= 4 is 17.2 Å². The Morgan fingerprint density at radius 1 is 1.35 bits per heavy atom. The molecule has 0 radical (unpaired) electrons. The highest BCUT2D eigenvalue weighted by molar-refractivity contribution is 7.10. The van der Waals surface area contributed by atoms with Crippen molar-refractivity contribution in [1.29, 1.82) is 0 Å². The molecule has 1 amide bonds. The molecule has 6 heteroatoms. The largest absolute Gasteiger partial charge is 0.396 e. The summed E-state index contributed by atoms with van der Waals surface area (Å²) >= 11 is 1.53. The van der Waals surface area contributed by atoms with Crippen LogP contribution in [0.4, 0.5) is 8.78 Å². The molecule has 23 heavy (non-hydrogen) atoms. The summed E-state index contributed by atoms with van der Waals surface area (Å²) in [6, 6.07) is 7.40. The average molecular weight is 337 g/mol. The first kappa shape index (κ1) is 16.1. The molecule has 2 N–H and O–H groups in total. The van der Waals surface area contributed by atoms with Crippen molar-refractivity contribution in [1.82, 2.24) is 5.32 Å². The summed E-state index contributed by atoms with van der Waals surface area (Å²) in [5.41, 5.74) is 0.652. The lowest BCUT2D eigenvalue weighted by Crippen LogP contribution is -2.30. The fourth-order valence-electron chi connectivity index (χ4n) is 2.78. The molecule has 0 spiro atoms. The van der Waals surface area contributed by atoms with Gasteiger partial charge in [-0.1, -0.05) is 12.1 Å². The van der Waals surface area contributed by atoms with Gasteiger partial charge in [-0.25, -0.2) is 8.78 Å². The minimum Gasteiger partial charge on any atom is -0.396 e. The van der Waals surface area contributed by atoms with Gasteiger partial charge in [-0.3, -0.25) is 4.79 Å². The highest BCUT2D eigenvalue weighted by Gasteiger charge is 2.44. The molecular weight excluding hydrogens is 320 g/mol. The number of halogens is 2. The SMILES string of the molecule is O=C(N[C@H](CCO)c1cccs1)[C@H]1C[C@@H]1c1ccc(F)c(F)c1. The Kier molecular flexibility index (Phi) is 4.73. The maximum Gasteiger partial charge on any atom is 0.224 e. The van der Waals surface area contributed by atoms with Gasteiger partial charge in [-0.05, 0) is 47.9 Å². The molecule has 1 saturated carbocycles. The molecule has 2 aromatic rings. The molecule has 1 aliphatic carbocycles. The minimum absolute atomic E-state index is 0.0138. The van der Waals surface area contributed by atoms with Crippen LogP contribution in [0.1, 0.15) is 35.2 Å². The Morgan fingerprint density at radius 3 is 2.83 bits per heavy atom. The Morgan fingerprint density at radius 2 is 2.17 bits per heavy atom. The fraction of sp³-hybridized carbons (Fsp3) is 0.353. The number of aliphatic hydroxyl groups excluding tert-OH is 1. The number of benzene rings is 1. The number of hydrogen-bond donors (Lipinski definition) is 2. The second-order valence-corrected chi connectivity index (χ2v) is 6.69. The Bertz CT molecular complexity index is 690. The van der Waals surface area contributed by atoms with Crippen molar-refractivity contribution in [3.05, 3.63) is 57.8 Å². The van der Waals surface area contributed by atoms with Gasteiger partial charge in [-0.2, -0.15) is 0 Å². The zero-order valence-corrected chi connectivity index (χ0v) is 13.2. The second-order valence-electron chi connectivity index (χ2n) is 5.71. The van der Waals surface area contributed by atoms with Crippen LogP contribution in [0.15, 0.2) is 35.7 Å². The lowest BCUT2D eigenvalue weighted by Gasteiger charge is -2.16. The number of thiophene rings is 1. The first-order valence-corrected chi connectivity index (χ1v) is 8.37. The normalized spacial score (nSPS) is 21.0. The van der Waals surface area contributed by atoms with Crippen LogP contribution in [0.2, 0.25) is 0 Å². The summed E-state index contributed by atoms with van der Waals surface area (Å²) in [5.74, 6) is -2.16. The van der Waals surface area contributed by atoms with E-state index in [9.17, 15) is 13.6 Å². The molecule has 1 aliphatic rings. The number of aliphatic hydroxyl groups is 1. The molecule has 0 unspecified atom stereocenters. The van der Waals surface area contributed by atoms with E-state index in [1.165, 1.54) is 17.4 Å². The third-order valence-electron chi connectivity index (χ3n) is 4.12. The average Bonchev–Trinajstić information content (AvgIpc) is 3.15. The van der Waals surface area contributed by atoms with Gasteiger partial charge in [-0.15, -0.1) is 11.3 Å². The summed E-state index contributed by atoms with van der Waals surface area (Å²) in [5, 5.41) is 14.0. The fourth-order valence-corrected chi connectivity index (χ4v) is 3.59. The number of carbonyl (C=O) groups is 1. The molecule has 3 atom stereocenters. The van der Waals surface area contributed by atoms with Gasteiger partial charge in [0.2, 0.25) is 5.91 Å². The number of carbonyl (C=O) groups excluding carboxylic acids is 1. The van der Waals surface area contributed by atoms with Gasteiger partial charge in [0.25, 0.3) is 0 Å². The van der Waals surface area contributed by atoms with Gasteiger partial charge in [0.05, 0.1) is 6.04 Å². The number of nitrogens with one attached hydrogen (secondary N) is 1. The van der Waals surface area contributed by atoms with Crippen LogP contribution in [0.5, 0.6) is 0 Å². The number of hydrogen-bond acceptors (Lipinski definition) is 3. The van der Waals surface area contributed by atoms with E-state index in [0.29, 0.717) is 18.4 Å². The summed E-state index contributed by atoms with van der Waals surface area (Å²) < 4.78 is 26.3. The molecule has 1 aromatic carbocycles. The maximum absolute atomic E-state index is 13.3. The first-order valence-electron chi connectivity index (χ1n) is 7.49. The van der Waals surface area contributed by atoms with Gasteiger partial charge < -0.3 is 10.4 Å². The molecule has 0 saturated heterocycles. The molecule has 0 aliphatic heterocycles. The van der Waals surface area contributed by atoms with E-state index >= 15 is 0 Å². The van der Waals surface area contributed by atoms with E-state index in [2.05, 4.69) is 5.32 Å². The van der Waals surface area contributed by atoms with E-state index in [0.717, 1.165) is 17.0 Å². The van der Waals surface area contributed by atoms with Crippen molar-refractivity contribution in [2.24, 2.45) is 5.92 Å². The van der Waals surface area contributed by atoms with Crippen LogP contribution in [-0.2, 0) is 4.79 Å². The van der Waals surface area contributed by atoms with Crippen LogP contribution in [0, 0.1) is 17.6 Å². The van der Waals surface area contributed by atoms with Gasteiger partial charge >= 0.3 is 0 Å². The molecule has 1 heterocycles. The van der Waals surface area contributed by atoms with Crippen molar-refractivity contribution in [3.8, 4) is 0 Å².